The van der Waals surface area contributed by atoms with Gasteiger partial charge in [0.1, 0.15) is 37.7 Å². The summed E-state index contributed by atoms with van der Waals surface area (Å²) in [6.45, 7) is 0. The molecule has 2 aromatic carbocycles. The second kappa shape index (κ2) is 11.0. The van der Waals surface area contributed by atoms with Gasteiger partial charge in [-0.1, -0.05) is 83.3 Å². The summed E-state index contributed by atoms with van der Waals surface area (Å²) in [5.74, 6) is 1.07. The number of hydrogen-bond donors (Lipinski definition) is 0. The molecule has 10 heteroatoms. The summed E-state index contributed by atoms with van der Waals surface area (Å²) in [6, 6.07) is 23.7. The van der Waals surface area contributed by atoms with E-state index < -0.39 is 0 Å². The quantitative estimate of drug-likeness (QED) is 0.271. The molecule has 0 aliphatic heterocycles. The number of rotatable bonds is 8. The van der Waals surface area contributed by atoms with Crippen molar-refractivity contribution < 1.29 is 0 Å². The molecule has 2 heterocycles. The lowest BCUT2D eigenvalue weighted by molar-refractivity contribution is 1.04. The highest BCUT2D eigenvalue weighted by Gasteiger charge is 2.14. The largest absolute Gasteiger partial charge is 0.192 e. The Morgan fingerprint density at radius 1 is 0.688 bits per heavy atom. The third-order valence-electron chi connectivity index (χ3n) is 4.06. The van der Waals surface area contributed by atoms with Crippen LogP contribution in [-0.2, 0) is 11.5 Å². The lowest BCUT2D eigenvalue weighted by Gasteiger charge is -2.04. The number of aromatic nitrogens is 4. The molecule has 0 bridgehead atoms. The molecule has 0 radical (unpaired) electrons. The normalized spacial score (nSPS) is 10.3. The molecule has 156 valence electrons. The Kier molecular flexibility index (Phi) is 7.64. The van der Waals surface area contributed by atoms with Gasteiger partial charge in [0.25, 0.3) is 0 Å². The van der Waals surface area contributed by atoms with Crippen LogP contribution in [0.4, 0.5) is 0 Å². The van der Waals surface area contributed by atoms with E-state index in [2.05, 4.69) is 20.4 Å². The predicted octanol–water partition coefficient (Wildman–Crippen LogP) is 6.15. The van der Waals surface area contributed by atoms with Crippen molar-refractivity contribution in [2.45, 2.75) is 11.5 Å². The van der Waals surface area contributed by atoms with E-state index in [9.17, 15) is 10.5 Å². The Bertz CT molecular complexity index is 1200. The molecular formula is C22H14N6S4. The van der Waals surface area contributed by atoms with Gasteiger partial charge in [-0.05, 0) is 0 Å². The molecule has 0 unspecified atom stereocenters. The van der Waals surface area contributed by atoms with Crippen LogP contribution < -0.4 is 0 Å². The minimum absolute atomic E-state index is 0.0978. The highest BCUT2D eigenvalue weighted by atomic mass is 32.2. The molecule has 4 rings (SSSR count). The van der Waals surface area contributed by atoms with E-state index in [-0.39, 0.29) is 5.57 Å². The van der Waals surface area contributed by atoms with Gasteiger partial charge in [-0.3, -0.25) is 0 Å². The summed E-state index contributed by atoms with van der Waals surface area (Å²) in [6.07, 6.45) is 0. The fourth-order valence-electron chi connectivity index (χ4n) is 2.58. The van der Waals surface area contributed by atoms with Crippen molar-refractivity contribution in [3.8, 4) is 33.3 Å². The molecule has 0 aliphatic carbocycles. The van der Waals surface area contributed by atoms with Gasteiger partial charge >= 0.3 is 0 Å². The molecule has 0 fully saturated rings. The first-order valence-electron chi connectivity index (χ1n) is 9.32. The van der Waals surface area contributed by atoms with Crippen LogP contribution in [-0.4, -0.2) is 20.4 Å². The summed E-state index contributed by atoms with van der Waals surface area (Å²) in [5, 5.41) is 39.2. The fourth-order valence-corrected chi connectivity index (χ4v) is 6.46. The minimum Gasteiger partial charge on any atom is -0.192 e. The van der Waals surface area contributed by atoms with Crippen molar-refractivity contribution in [1.29, 1.82) is 10.5 Å². The van der Waals surface area contributed by atoms with E-state index in [0.717, 1.165) is 31.2 Å². The first-order valence-corrected chi connectivity index (χ1v) is 12.9. The third-order valence-corrected chi connectivity index (χ3v) is 8.84. The SMILES string of the molecule is N#CC(C#N)=C(SCc1nnc(-c2ccccc2)s1)SCc1nnc(-c2ccccc2)s1. The van der Waals surface area contributed by atoms with Gasteiger partial charge in [-0.15, -0.1) is 43.9 Å². The number of nitriles is 2. The van der Waals surface area contributed by atoms with Crippen LogP contribution in [0, 0.1) is 22.7 Å². The number of allylic oxidation sites excluding steroid dienone is 1. The predicted molar refractivity (Wildman–Crippen MR) is 132 cm³/mol. The van der Waals surface area contributed by atoms with Crippen LogP contribution in [0.3, 0.4) is 0 Å². The molecular weight excluding hydrogens is 477 g/mol. The zero-order valence-corrected chi connectivity index (χ0v) is 19.8. The van der Waals surface area contributed by atoms with Crippen LogP contribution in [0.5, 0.6) is 0 Å². The Morgan fingerprint density at radius 2 is 1.12 bits per heavy atom. The molecule has 32 heavy (non-hydrogen) atoms. The van der Waals surface area contributed by atoms with Gasteiger partial charge in [0.2, 0.25) is 0 Å². The number of thioether (sulfide) groups is 2. The molecule has 0 amide bonds. The Labute approximate surface area is 201 Å². The lowest BCUT2D eigenvalue weighted by atomic mass is 10.2. The van der Waals surface area contributed by atoms with Crippen LogP contribution in [0.1, 0.15) is 10.0 Å². The van der Waals surface area contributed by atoms with Gasteiger partial charge in [-0.25, -0.2) is 0 Å². The van der Waals surface area contributed by atoms with Crippen LogP contribution in [0.15, 0.2) is 70.5 Å². The molecule has 4 aromatic rings. The Hall–Kier alpha value is -3.02. The Balaban J connectivity index is 1.42. The maximum atomic E-state index is 9.39. The highest BCUT2D eigenvalue weighted by molar-refractivity contribution is 8.21. The van der Waals surface area contributed by atoms with Crippen molar-refractivity contribution in [3.63, 3.8) is 0 Å². The molecule has 0 saturated heterocycles. The molecule has 0 saturated carbocycles. The second-order valence-electron chi connectivity index (χ2n) is 6.20. The fraction of sp³-hybridized carbons (Fsp3) is 0.0909. The average Bonchev–Trinajstić information content (AvgIpc) is 3.52. The standard InChI is InChI=1S/C22H14N6S4/c23-11-17(12-24)22(29-13-18-25-27-20(31-18)15-7-3-1-4-8-15)30-14-19-26-28-21(32-19)16-9-5-2-6-10-16/h1-10H,13-14H2. The summed E-state index contributed by atoms with van der Waals surface area (Å²) < 4.78 is 0.655. The average molecular weight is 491 g/mol. The molecule has 0 N–H and O–H groups in total. The molecule has 6 nitrogen and oxygen atoms in total. The summed E-state index contributed by atoms with van der Waals surface area (Å²) in [7, 11) is 0. The first kappa shape index (κ1) is 22.2. The first-order chi connectivity index (χ1) is 15.8. The van der Waals surface area contributed by atoms with E-state index in [1.165, 1.54) is 46.2 Å². The van der Waals surface area contributed by atoms with E-state index in [1.54, 1.807) is 0 Å². The number of hydrogen-bond acceptors (Lipinski definition) is 10. The van der Waals surface area contributed by atoms with E-state index in [4.69, 9.17) is 0 Å². The van der Waals surface area contributed by atoms with Crippen LogP contribution in [0.2, 0.25) is 0 Å². The van der Waals surface area contributed by atoms with Crippen molar-refractivity contribution in [2.75, 3.05) is 0 Å². The van der Waals surface area contributed by atoms with Gasteiger partial charge in [0, 0.05) is 11.1 Å². The van der Waals surface area contributed by atoms with Crippen molar-refractivity contribution >= 4 is 46.2 Å². The van der Waals surface area contributed by atoms with Gasteiger partial charge < -0.3 is 0 Å². The van der Waals surface area contributed by atoms with Crippen molar-refractivity contribution in [1.82, 2.24) is 20.4 Å². The van der Waals surface area contributed by atoms with E-state index in [0.29, 0.717) is 15.7 Å². The molecule has 0 spiro atoms. The number of benzene rings is 2. The van der Waals surface area contributed by atoms with Gasteiger partial charge in [-0.2, -0.15) is 10.5 Å². The van der Waals surface area contributed by atoms with Crippen LogP contribution >= 0.6 is 46.2 Å². The zero-order valence-electron chi connectivity index (χ0n) is 16.5. The molecule has 0 atom stereocenters. The van der Waals surface area contributed by atoms with Crippen molar-refractivity contribution in [3.05, 3.63) is 80.5 Å². The van der Waals surface area contributed by atoms with Gasteiger partial charge in [0.15, 0.2) is 0 Å². The minimum atomic E-state index is 0.0978. The maximum absolute atomic E-state index is 9.39. The molecule has 2 aromatic heterocycles. The summed E-state index contributed by atoms with van der Waals surface area (Å²) >= 11 is 5.87. The monoisotopic (exact) mass is 490 g/mol. The van der Waals surface area contributed by atoms with Crippen molar-refractivity contribution in [2.24, 2.45) is 0 Å². The number of nitrogens with zero attached hydrogens (tertiary/aromatic N) is 6. The van der Waals surface area contributed by atoms with E-state index >= 15 is 0 Å². The summed E-state index contributed by atoms with van der Waals surface area (Å²) in [5.41, 5.74) is 2.14. The maximum Gasteiger partial charge on any atom is 0.149 e. The Morgan fingerprint density at radius 3 is 1.53 bits per heavy atom. The zero-order chi connectivity index (χ0) is 22.2. The third kappa shape index (κ3) is 5.61. The topological polar surface area (TPSA) is 99.1 Å². The highest BCUT2D eigenvalue weighted by Crippen LogP contribution is 2.38. The smallest absolute Gasteiger partial charge is 0.149 e. The summed E-state index contributed by atoms with van der Waals surface area (Å²) in [4.78, 5) is 0. The molecule has 0 aliphatic rings. The lowest BCUT2D eigenvalue weighted by Crippen LogP contribution is -1.86. The van der Waals surface area contributed by atoms with E-state index in [1.807, 2.05) is 72.8 Å². The van der Waals surface area contributed by atoms with Gasteiger partial charge in [0.05, 0.1) is 15.7 Å². The van der Waals surface area contributed by atoms with Crippen LogP contribution in [0.25, 0.3) is 21.1 Å². The second-order valence-corrected chi connectivity index (χ2v) is 10.6.